The number of benzene rings is 2. The van der Waals surface area contributed by atoms with Gasteiger partial charge in [-0.3, -0.25) is 9.59 Å². The summed E-state index contributed by atoms with van der Waals surface area (Å²) in [7, 11) is 3.96. The Labute approximate surface area is 191 Å². The summed E-state index contributed by atoms with van der Waals surface area (Å²) < 4.78 is 6.51. The molecule has 1 heterocycles. The number of carbonyl (C=O) groups is 2. The highest BCUT2D eigenvalue weighted by molar-refractivity contribution is 9.10. The van der Waals surface area contributed by atoms with Crippen LogP contribution >= 0.6 is 15.9 Å². The zero-order chi connectivity index (χ0) is 22.7. The van der Waals surface area contributed by atoms with Crippen LogP contribution in [0.15, 0.2) is 58.6 Å². The maximum Gasteiger partial charge on any atom is 0.295 e. The fourth-order valence-electron chi connectivity index (χ4n) is 3.55. The summed E-state index contributed by atoms with van der Waals surface area (Å²) in [5.74, 6) is -1.14. The molecule has 0 aromatic heterocycles. The number of quaternary nitrogens is 1. The molecule has 6 nitrogen and oxygen atoms in total. The van der Waals surface area contributed by atoms with Crippen LogP contribution in [0.1, 0.15) is 31.0 Å². The molecule has 0 spiro atoms. The summed E-state index contributed by atoms with van der Waals surface area (Å²) in [6.07, 6.45) is 0.0131. The van der Waals surface area contributed by atoms with Crippen molar-refractivity contribution in [1.29, 1.82) is 0 Å². The van der Waals surface area contributed by atoms with Crippen LogP contribution in [0.4, 0.5) is 0 Å². The lowest BCUT2D eigenvalue weighted by Gasteiger charge is -2.27. The second-order valence-corrected chi connectivity index (χ2v) is 9.09. The Bertz CT molecular complexity index is 982. The van der Waals surface area contributed by atoms with Gasteiger partial charge in [-0.1, -0.05) is 46.0 Å². The Hall–Kier alpha value is -2.64. The van der Waals surface area contributed by atoms with Crippen LogP contribution in [0.25, 0.3) is 5.76 Å². The number of hydrogen-bond donors (Lipinski definition) is 1. The number of rotatable bonds is 7. The predicted molar refractivity (Wildman–Crippen MR) is 120 cm³/mol. The molecule has 1 atom stereocenters. The van der Waals surface area contributed by atoms with Gasteiger partial charge in [0.1, 0.15) is 5.75 Å². The molecule has 164 valence electrons. The van der Waals surface area contributed by atoms with E-state index in [1.54, 1.807) is 24.3 Å². The van der Waals surface area contributed by atoms with Crippen LogP contribution in [-0.2, 0) is 9.59 Å². The number of nitrogens with one attached hydrogen (secondary N) is 1. The Kier molecular flexibility index (Phi) is 7.18. The van der Waals surface area contributed by atoms with Gasteiger partial charge in [-0.15, -0.1) is 0 Å². The van der Waals surface area contributed by atoms with Crippen molar-refractivity contribution in [3.8, 4) is 5.75 Å². The van der Waals surface area contributed by atoms with Crippen LogP contribution in [0.3, 0.4) is 0 Å². The number of halogens is 1. The fraction of sp³-hybridized carbons (Fsp3) is 0.333. The van der Waals surface area contributed by atoms with Gasteiger partial charge < -0.3 is 19.6 Å². The van der Waals surface area contributed by atoms with Crippen LogP contribution in [-0.4, -0.2) is 49.9 Å². The number of carbonyl (C=O) groups excluding carboxylic acids is 2. The van der Waals surface area contributed by atoms with Crippen LogP contribution in [0.2, 0.25) is 0 Å². The number of ketones is 1. The second-order valence-electron chi connectivity index (χ2n) is 8.17. The van der Waals surface area contributed by atoms with E-state index in [-0.39, 0.29) is 11.7 Å². The van der Waals surface area contributed by atoms with Crippen molar-refractivity contribution in [2.45, 2.75) is 26.0 Å². The van der Waals surface area contributed by atoms with E-state index in [0.717, 1.165) is 14.9 Å². The van der Waals surface area contributed by atoms with Crippen molar-refractivity contribution in [1.82, 2.24) is 4.90 Å². The molecule has 0 bridgehead atoms. The minimum absolute atomic E-state index is 0.00129. The molecule has 1 unspecified atom stereocenters. The molecular formula is C24H27BrN2O4. The third-order valence-electron chi connectivity index (χ3n) is 5.06. The second kappa shape index (κ2) is 9.66. The molecule has 0 radical (unpaired) electrons. The molecule has 1 amide bonds. The Morgan fingerprint density at radius 1 is 1.10 bits per heavy atom. The van der Waals surface area contributed by atoms with Gasteiger partial charge in [0.25, 0.3) is 5.91 Å². The third-order valence-corrected chi connectivity index (χ3v) is 5.58. The lowest BCUT2D eigenvalue weighted by molar-refractivity contribution is -0.857. The van der Waals surface area contributed by atoms with E-state index in [2.05, 4.69) is 15.9 Å². The Morgan fingerprint density at radius 2 is 1.71 bits per heavy atom. The maximum atomic E-state index is 13.4. The molecule has 1 aliphatic rings. The van der Waals surface area contributed by atoms with Gasteiger partial charge in [-0.2, -0.15) is 0 Å². The van der Waals surface area contributed by atoms with Crippen molar-refractivity contribution in [2.75, 3.05) is 27.2 Å². The van der Waals surface area contributed by atoms with Crippen molar-refractivity contribution < 1.29 is 24.3 Å². The molecule has 0 saturated carbocycles. The molecule has 2 aromatic rings. The smallest absolute Gasteiger partial charge is 0.295 e. The quantitative estimate of drug-likeness (QED) is 0.366. The van der Waals surface area contributed by atoms with Crippen LogP contribution in [0, 0.1) is 0 Å². The molecule has 7 heteroatoms. The third kappa shape index (κ3) is 5.17. The first-order valence-electron chi connectivity index (χ1n) is 10.3. The highest BCUT2D eigenvalue weighted by Gasteiger charge is 2.44. The number of ether oxygens (including phenoxy) is 1. The van der Waals surface area contributed by atoms with Gasteiger partial charge in [0, 0.05) is 10.0 Å². The zero-order valence-corrected chi connectivity index (χ0v) is 19.7. The average molecular weight is 487 g/mol. The Balaban J connectivity index is 2.06. The van der Waals surface area contributed by atoms with Gasteiger partial charge >= 0.3 is 0 Å². The first kappa shape index (κ1) is 23.0. The van der Waals surface area contributed by atoms with Crippen molar-refractivity contribution in [2.24, 2.45) is 0 Å². The van der Waals surface area contributed by atoms with E-state index >= 15 is 0 Å². The summed E-state index contributed by atoms with van der Waals surface area (Å²) in [5, 5.41) is 13.4. The number of hydrogen-bond acceptors (Lipinski definition) is 4. The lowest BCUT2D eigenvalue weighted by Crippen LogP contribution is -3.06. The normalized spacial score (nSPS) is 18.3. The van der Waals surface area contributed by atoms with E-state index in [1.807, 2.05) is 52.2 Å². The molecule has 3 rings (SSSR count). The van der Waals surface area contributed by atoms with Crippen LogP contribution < -0.4 is 14.7 Å². The molecule has 2 aromatic carbocycles. The number of nitrogens with zero attached hydrogens (tertiary/aromatic N) is 1. The van der Waals surface area contributed by atoms with E-state index < -0.39 is 23.5 Å². The SMILES string of the molecule is CC(C)Oc1ccc(C([O-])=C2C(=O)C(=O)N(CC[NH+](C)C)C2c2ccc(Br)cc2)cc1. The van der Waals surface area contributed by atoms with Crippen molar-refractivity contribution >= 4 is 33.4 Å². The monoisotopic (exact) mass is 486 g/mol. The molecule has 1 saturated heterocycles. The number of likely N-dealkylation sites (tertiary alicyclic amines) is 1. The maximum absolute atomic E-state index is 13.4. The fourth-order valence-corrected chi connectivity index (χ4v) is 3.81. The van der Waals surface area contributed by atoms with Gasteiger partial charge in [-0.25, -0.2) is 0 Å². The Morgan fingerprint density at radius 3 is 2.26 bits per heavy atom. The summed E-state index contributed by atoms with van der Waals surface area (Å²) >= 11 is 3.41. The zero-order valence-electron chi connectivity index (χ0n) is 18.1. The largest absolute Gasteiger partial charge is 0.872 e. The number of likely N-dealkylation sites (N-methyl/N-ethyl adjacent to an activating group) is 1. The lowest BCUT2D eigenvalue weighted by atomic mass is 9.95. The molecule has 1 fully saturated rings. The average Bonchev–Trinajstić information content (AvgIpc) is 2.97. The molecule has 0 aliphatic carbocycles. The van der Waals surface area contributed by atoms with E-state index in [0.29, 0.717) is 24.4 Å². The minimum Gasteiger partial charge on any atom is -0.872 e. The number of amides is 1. The molecule has 1 aliphatic heterocycles. The van der Waals surface area contributed by atoms with Gasteiger partial charge in [0.2, 0.25) is 5.78 Å². The molecule has 31 heavy (non-hydrogen) atoms. The first-order valence-corrected chi connectivity index (χ1v) is 11.1. The summed E-state index contributed by atoms with van der Waals surface area (Å²) in [5.41, 5.74) is 1.09. The minimum atomic E-state index is -0.728. The van der Waals surface area contributed by atoms with E-state index in [9.17, 15) is 14.7 Å². The summed E-state index contributed by atoms with van der Waals surface area (Å²) in [6, 6.07) is 13.3. The predicted octanol–water partition coefficient (Wildman–Crippen LogP) is 1.60. The first-order chi connectivity index (χ1) is 14.7. The van der Waals surface area contributed by atoms with Crippen LogP contribution in [0.5, 0.6) is 5.75 Å². The molecular weight excluding hydrogens is 460 g/mol. The van der Waals surface area contributed by atoms with E-state index in [1.165, 1.54) is 4.90 Å². The van der Waals surface area contributed by atoms with Gasteiger partial charge in [0.15, 0.2) is 0 Å². The number of Topliss-reactive ketones (excluding diaryl/α,β-unsaturated/α-hetero) is 1. The van der Waals surface area contributed by atoms with E-state index in [4.69, 9.17) is 4.74 Å². The topological polar surface area (TPSA) is 74.1 Å². The standard InChI is InChI=1S/C24H27BrN2O4/c1-15(2)31-19-11-7-17(8-12-19)22(28)20-21(16-5-9-18(25)10-6-16)27(14-13-26(3)4)24(30)23(20)29/h5-12,15,21,28H,13-14H2,1-4H3. The van der Waals surface area contributed by atoms with Crippen molar-refractivity contribution in [3.63, 3.8) is 0 Å². The van der Waals surface area contributed by atoms with Gasteiger partial charge in [-0.05, 0) is 49.2 Å². The summed E-state index contributed by atoms with van der Waals surface area (Å²) in [4.78, 5) is 28.5. The highest BCUT2D eigenvalue weighted by atomic mass is 79.9. The van der Waals surface area contributed by atoms with Crippen molar-refractivity contribution in [3.05, 3.63) is 69.7 Å². The van der Waals surface area contributed by atoms with Gasteiger partial charge in [0.05, 0.1) is 39.3 Å². The highest BCUT2D eigenvalue weighted by Crippen LogP contribution is 2.38. The molecule has 1 N–H and O–H groups in total. The summed E-state index contributed by atoms with van der Waals surface area (Å²) in [6.45, 7) is 4.88.